The number of hydrogen-bond donors (Lipinski definition) is 0. The highest BCUT2D eigenvalue weighted by Crippen LogP contribution is 2.32. The maximum absolute atomic E-state index is 11.4. The monoisotopic (exact) mass is 240 g/mol. The standard InChI is InChI=1S/C15H28O2/c1-12(2)17-15(16)11-7-8-13(3)14-9-5-4-6-10-14/h12-14H,4-11H2,1-3H3/t13-/m0/s1. The van der Waals surface area contributed by atoms with Crippen LogP contribution in [0, 0.1) is 11.8 Å². The van der Waals surface area contributed by atoms with Gasteiger partial charge >= 0.3 is 5.97 Å². The van der Waals surface area contributed by atoms with Gasteiger partial charge in [0.25, 0.3) is 0 Å². The largest absolute Gasteiger partial charge is 0.463 e. The lowest BCUT2D eigenvalue weighted by atomic mass is 9.79. The second kappa shape index (κ2) is 7.73. The van der Waals surface area contributed by atoms with Gasteiger partial charge in [-0.25, -0.2) is 0 Å². The van der Waals surface area contributed by atoms with Gasteiger partial charge in [0.1, 0.15) is 0 Å². The molecular formula is C15H28O2. The number of carbonyl (C=O) groups is 1. The van der Waals surface area contributed by atoms with Gasteiger partial charge in [0, 0.05) is 6.42 Å². The van der Waals surface area contributed by atoms with Crippen LogP contribution in [-0.2, 0) is 9.53 Å². The summed E-state index contributed by atoms with van der Waals surface area (Å²) in [7, 11) is 0. The first-order valence-corrected chi connectivity index (χ1v) is 7.29. The van der Waals surface area contributed by atoms with Crippen LogP contribution in [0.5, 0.6) is 0 Å². The predicted molar refractivity (Wildman–Crippen MR) is 70.8 cm³/mol. The Morgan fingerprint density at radius 1 is 1.18 bits per heavy atom. The van der Waals surface area contributed by atoms with Gasteiger partial charge in [0.15, 0.2) is 0 Å². The molecule has 0 saturated heterocycles. The van der Waals surface area contributed by atoms with Crippen molar-refractivity contribution in [1.82, 2.24) is 0 Å². The van der Waals surface area contributed by atoms with Crippen LogP contribution < -0.4 is 0 Å². The Hall–Kier alpha value is -0.530. The molecule has 0 amide bonds. The molecule has 0 bridgehead atoms. The van der Waals surface area contributed by atoms with Gasteiger partial charge in [-0.05, 0) is 38.5 Å². The Morgan fingerprint density at radius 2 is 1.82 bits per heavy atom. The van der Waals surface area contributed by atoms with Crippen LogP contribution in [0.4, 0.5) is 0 Å². The number of hydrogen-bond acceptors (Lipinski definition) is 2. The van der Waals surface area contributed by atoms with Gasteiger partial charge in [-0.15, -0.1) is 0 Å². The molecule has 1 aliphatic rings. The normalized spacial score (nSPS) is 19.3. The molecule has 0 N–H and O–H groups in total. The molecule has 0 aliphatic heterocycles. The molecule has 0 heterocycles. The van der Waals surface area contributed by atoms with Gasteiger partial charge in [0.2, 0.25) is 0 Å². The molecule has 1 aliphatic carbocycles. The van der Waals surface area contributed by atoms with Crippen LogP contribution in [0.15, 0.2) is 0 Å². The van der Waals surface area contributed by atoms with E-state index in [1.54, 1.807) is 0 Å². The van der Waals surface area contributed by atoms with Crippen LogP contribution in [0.3, 0.4) is 0 Å². The minimum atomic E-state index is -0.0316. The van der Waals surface area contributed by atoms with Gasteiger partial charge in [-0.2, -0.15) is 0 Å². The topological polar surface area (TPSA) is 26.3 Å². The van der Waals surface area contributed by atoms with E-state index < -0.39 is 0 Å². The summed E-state index contributed by atoms with van der Waals surface area (Å²) in [6.45, 7) is 6.16. The smallest absolute Gasteiger partial charge is 0.306 e. The van der Waals surface area contributed by atoms with E-state index in [9.17, 15) is 4.79 Å². The quantitative estimate of drug-likeness (QED) is 0.646. The van der Waals surface area contributed by atoms with E-state index in [1.807, 2.05) is 13.8 Å². The van der Waals surface area contributed by atoms with E-state index in [0.717, 1.165) is 18.3 Å². The first kappa shape index (κ1) is 14.5. The molecule has 2 heteroatoms. The van der Waals surface area contributed by atoms with Crippen LogP contribution in [0.2, 0.25) is 0 Å². The second-order valence-corrected chi connectivity index (χ2v) is 5.81. The Balaban J connectivity index is 2.10. The molecule has 2 nitrogen and oxygen atoms in total. The number of esters is 1. The zero-order valence-corrected chi connectivity index (χ0v) is 11.7. The number of ether oxygens (including phenoxy) is 1. The third-order valence-electron chi connectivity index (χ3n) is 3.86. The fraction of sp³-hybridized carbons (Fsp3) is 0.933. The predicted octanol–water partition coefficient (Wildman–Crippen LogP) is 4.32. The molecule has 0 spiro atoms. The number of rotatable bonds is 6. The molecule has 0 radical (unpaired) electrons. The van der Waals surface area contributed by atoms with Gasteiger partial charge in [0.05, 0.1) is 6.10 Å². The average Bonchev–Trinajstić information content (AvgIpc) is 2.29. The lowest BCUT2D eigenvalue weighted by Crippen LogP contribution is -2.16. The molecule has 0 aromatic rings. The van der Waals surface area contributed by atoms with Gasteiger partial charge in [-0.3, -0.25) is 4.79 Å². The fourth-order valence-corrected chi connectivity index (χ4v) is 2.83. The molecule has 0 aromatic carbocycles. The van der Waals surface area contributed by atoms with Crippen molar-refractivity contribution >= 4 is 5.97 Å². The molecule has 0 unspecified atom stereocenters. The summed E-state index contributed by atoms with van der Waals surface area (Å²) in [6, 6.07) is 0. The SMILES string of the molecule is CC(C)OC(=O)CCC[C@H](C)C1CCCCC1. The van der Waals surface area contributed by atoms with E-state index >= 15 is 0 Å². The highest BCUT2D eigenvalue weighted by Gasteiger charge is 2.19. The zero-order valence-electron chi connectivity index (χ0n) is 11.7. The summed E-state index contributed by atoms with van der Waals surface area (Å²) < 4.78 is 5.14. The molecule has 1 saturated carbocycles. The maximum Gasteiger partial charge on any atom is 0.306 e. The third-order valence-corrected chi connectivity index (χ3v) is 3.86. The van der Waals surface area contributed by atoms with E-state index in [1.165, 1.54) is 38.5 Å². The summed E-state index contributed by atoms with van der Waals surface area (Å²) in [4.78, 5) is 11.4. The molecule has 1 fully saturated rings. The Morgan fingerprint density at radius 3 is 2.41 bits per heavy atom. The van der Waals surface area contributed by atoms with E-state index in [-0.39, 0.29) is 12.1 Å². The molecule has 1 rings (SSSR count). The highest BCUT2D eigenvalue weighted by atomic mass is 16.5. The van der Waals surface area contributed by atoms with E-state index in [2.05, 4.69) is 6.92 Å². The van der Waals surface area contributed by atoms with Crippen molar-refractivity contribution in [2.45, 2.75) is 78.2 Å². The van der Waals surface area contributed by atoms with Crippen molar-refractivity contribution in [1.29, 1.82) is 0 Å². The third kappa shape index (κ3) is 6.09. The van der Waals surface area contributed by atoms with Crippen LogP contribution in [-0.4, -0.2) is 12.1 Å². The second-order valence-electron chi connectivity index (χ2n) is 5.81. The Labute approximate surface area is 106 Å². The summed E-state index contributed by atoms with van der Waals surface area (Å²) >= 11 is 0. The van der Waals surface area contributed by atoms with E-state index in [0.29, 0.717) is 6.42 Å². The fourth-order valence-electron chi connectivity index (χ4n) is 2.83. The van der Waals surface area contributed by atoms with Crippen molar-refractivity contribution in [2.24, 2.45) is 11.8 Å². The summed E-state index contributed by atoms with van der Waals surface area (Å²) in [6.07, 6.45) is 9.82. The summed E-state index contributed by atoms with van der Waals surface area (Å²) in [5.41, 5.74) is 0. The average molecular weight is 240 g/mol. The van der Waals surface area contributed by atoms with Crippen LogP contribution >= 0.6 is 0 Å². The van der Waals surface area contributed by atoms with Crippen molar-refractivity contribution in [3.05, 3.63) is 0 Å². The van der Waals surface area contributed by atoms with Crippen molar-refractivity contribution in [2.75, 3.05) is 0 Å². The highest BCUT2D eigenvalue weighted by molar-refractivity contribution is 5.69. The molecular weight excluding hydrogens is 212 g/mol. The van der Waals surface area contributed by atoms with E-state index in [4.69, 9.17) is 4.74 Å². The lowest BCUT2D eigenvalue weighted by molar-refractivity contribution is -0.147. The van der Waals surface area contributed by atoms with Crippen molar-refractivity contribution in [3.8, 4) is 0 Å². The minimum absolute atomic E-state index is 0.0262. The van der Waals surface area contributed by atoms with Crippen molar-refractivity contribution in [3.63, 3.8) is 0 Å². The Kier molecular flexibility index (Phi) is 6.61. The molecule has 100 valence electrons. The maximum atomic E-state index is 11.4. The zero-order chi connectivity index (χ0) is 12.7. The Bertz CT molecular complexity index is 217. The summed E-state index contributed by atoms with van der Waals surface area (Å²) in [5.74, 6) is 1.66. The number of carbonyl (C=O) groups excluding carboxylic acids is 1. The van der Waals surface area contributed by atoms with Gasteiger partial charge < -0.3 is 4.74 Å². The van der Waals surface area contributed by atoms with Gasteiger partial charge in [-0.1, -0.05) is 39.0 Å². The van der Waals surface area contributed by atoms with Crippen molar-refractivity contribution < 1.29 is 9.53 Å². The van der Waals surface area contributed by atoms with Crippen LogP contribution in [0.25, 0.3) is 0 Å². The lowest BCUT2D eigenvalue weighted by Gasteiger charge is -2.27. The first-order valence-electron chi connectivity index (χ1n) is 7.29. The first-order chi connectivity index (χ1) is 8.09. The molecule has 1 atom stereocenters. The summed E-state index contributed by atoms with van der Waals surface area (Å²) in [5, 5.41) is 0. The molecule has 0 aromatic heterocycles. The van der Waals surface area contributed by atoms with Crippen LogP contribution in [0.1, 0.15) is 72.1 Å². The molecule has 17 heavy (non-hydrogen) atoms. The minimum Gasteiger partial charge on any atom is -0.463 e.